The number of amides is 1. The van der Waals surface area contributed by atoms with Crippen molar-refractivity contribution in [2.24, 2.45) is 5.92 Å². The second kappa shape index (κ2) is 9.92. The van der Waals surface area contributed by atoms with Crippen molar-refractivity contribution in [1.82, 2.24) is 34.6 Å². The summed E-state index contributed by atoms with van der Waals surface area (Å²) in [6.07, 6.45) is 6.23. The summed E-state index contributed by atoms with van der Waals surface area (Å²) in [6, 6.07) is 5.88. The number of nitrogens with one attached hydrogen (secondary N) is 1. The van der Waals surface area contributed by atoms with Crippen LogP contribution in [0.2, 0.25) is 0 Å². The number of carbonyl (C=O) groups excluding carboxylic acids is 1. The molecule has 3 aromatic heterocycles. The van der Waals surface area contributed by atoms with E-state index in [1.54, 1.807) is 13.1 Å². The van der Waals surface area contributed by atoms with Gasteiger partial charge < -0.3 is 24.7 Å². The Morgan fingerprint density at radius 1 is 1.19 bits per heavy atom. The van der Waals surface area contributed by atoms with Crippen molar-refractivity contribution in [2.45, 2.75) is 42.8 Å². The molecule has 2 aliphatic rings. The molecule has 37 heavy (non-hydrogen) atoms. The highest BCUT2D eigenvalue weighted by Crippen LogP contribution is 2.44. The number of aromatic nitrogens is 6. The maximum Gasteiger partial charge on any atom is 0.219 e. The van der Waals surface area contributed by atoms with Gasteiger partial charge in [0.05, 0.1) is 5.69 Å². The SMILES string of the molecule is CC(=O)N1CCC(CCn2c(Sc3cc4c(cc3-c3cc[nH]n3)OCCO4)nc3c(N)ncnc32)CC1. The minimum absolute atomic E-state index is 0.150. The van der Waals surface area contributed by atoms with E-state index in [9.17, 15) is 4.79 Å². The molecule has 0 unspecified atom stereocenters. The number of aromatic amines is 1. The van der Waals surface area contributed by atoms with Gasteiger partial charge in [-0.3, -0.25) is 9.89 Å². The van der Waals surface area contributed by atoms with E-state index in [2.05, 4.69) is 24.7 Å². The molecule has 1 fully saturated rings. The van der Waals surface area contributed by atoms with E-state index in [-0.39, 0.29) is 5.91 Å². The molecule has 2 aliphatic heterocycles. The molecule has 0 saturated carbocycles. The Morgan fingerprint density at radius 3 is 2.70 bits per heavy atom. The number of likely N-dealkylation sites (tertiary alicyclic amines) is 1. The molecular weight excluding hydrogens is 492 g/mol. The van der Waals surface area contributed by atoms with Crippen molar-refractivity contribution in [3.8, 4) is 22.8 Å². The van der Waals surface area contributed by atoms with Crippen molar-refractivity contribution in [3.05, 3.63) is 30.7 Å². The van der Waals surface area contributed by atoms with Gasteiger partial charge in [-0.1, -0.05) is 11.8 Å². The number of ether oxygens (including phenoxy) is 2. The summed E-state index contributed by atoms with van der Waals surface area (Å²) in [6.45, 7) is 5.02. The van der Waals surface area contributed by atoms with Crippen LogP contribution >= 0.6 is 11.8 Å². The average Bonchev–Trinajstić information content (AvgIpc) is 3.56. The molecular formula is C25H28N8O3S. The number of imidazole rings is 1. The molecule has 192 valence electrons. The predicted octanol–water partition coefficient (Wildman–Crippen LogP) is 3.37. The van der Waals surface area contributed by atoms with Gasteiger partial charge in [0.15, 0.2) is 33.6 Å². The number of aryl methyl sites for hydroxylation is 1. The van der Waals surface area contributed by atoms with Crippen molar-refractivity contribution in [2.75, 3.05) is 32.0 Å². The summed E-state index contributed by atoms with van der Waals surface area (Å²) in [4.78, 5) is 28.1. The standard InChI is InChI=1S/C25H28N8O3S/c1-15(34)32-7-3-16(4-8-32)5-9-33-24-22(23(26)27-14-28-24)30-25(33)37-21-13-20-19(35-10-11-36-20)12-17(21)18-2-6-29-31-18/h2,6,12-14,16H,3-5,7-11H2,1H3,(H,29,31)(H2,26,27,28). The monoisotopic (exact) mass is 520 g/mol. The zero-order valence-corrected chi connectivity index (χ0v) is 21.3. The quantitative estimate of drug-likeness (QED) is 0.392. The zero-order chi connectivity index (χ0) is 25.4. The number of nitrogen functional groups attached to an aromatic ring is 1. The molecule has 0 bridgehead atoms. The predicted molar refractivity (Wildman–Crippen MR) is 138 cm³/mol. The molecule has 6 rings (SSSR count). The fourth-order valence-electron chi connectivity index (χ4n) is 4.93. The van der Waals surface area contributed by atoms with E-state index in [0.29, 0.717) is 42.0 Å². The number of fused-ring (bicyclic) bond motifs is 2. The number of nitrogens with zero attached hydrogens (tertiary/aromatic N) is 6. The summed E-state index contributed by atoms with van der Waals surface area (Å²) in [5, 5.41) is 8.07. The number of anilines is 1. The van der Waals surface area contributed by atoms with Crippen LogP contribution in [0.25, 0.3) is 22.4 Å². The first-order valence-electron chi connectivity index (χ1n) is 12.4. The van der Waals surface area contributed by atoms with Crippen molar-refractivity contribution in [3.63, 3.8) is 0 Å². The van der Waals surface area contributed by atoms with Gasteiger partial charge in [-0.15, -0.1) is 0 Å². The molecule has 4 aromatic rings. The summed E-state index contributed by atoms with van der Waals surface area (Å²) >= 11 is 1.52. The van der Waals surface area contributed by atoms with E-state index in [1.165, 1.54) is 18.1 Å². The number of piperidine rings is 1. The lowest BCUT2D eigenvalue weighted by molar-refractivity contribution is -0.130. The van der Waals surface area contributed by atoms with E-state index in [4.69, 9.17) is 20.2 Å². The average molecular weight is 521 g/mol. The van der Waals surface area contributed by atoms with Gasteiger partial charge in [0.25, 0.3) is 0 Å². The van der Waals surface area contributed by atoms with Crippen LogP contribution in [-0.4, -0.2) is 66.8 Å². The molecule has 0 spiro atoms. The third-order valence-corrected chi connectivity index (χ3v) is 8.02. The topological polar surface area (TPSA) is 137 Å². The second-order valence-electron chi connectivity index (χ2n) is 9.27. The first-order valence-corrected chi connectivity index (χ1v) is 13.2. The van der Waals surface area contributed by atoms with Gasteiger partial charge in [0.2, 0.25) is 5.91 Å². The van der Waals surface area contributed by atoms with Gasteiger partial charge in [-0.05, 0) is 43.4 Å². The number of carbonyl (C=O) groups is 1. The van der Waals surface area contributed by atoms with Crippen molar-refractivity contribution >= 4 is 34.7 Å². The molecule has 11 nitrogen and oxygen atoms in total. The fourth-order valence-corrected chi connectivity index (χ4v) is 5.99. The summed E-state index contributed by atoms with van der Waals surface area (Å²) in [7, 11) is 0. The summed E-state index contributed by atoms with van der Waals surface area (Å²) < 4.78 is 13.8. The molecule has 3 N–H and O–H groups in total. The number of rotatable bonds is 6. The molecule has 0 radical (unpaired) electrons. The molecule has 1 aromatic carbocycles. The van der Waals surface area contributed by atoms with Gasteiger partial charge >= 0.3 is 0 Å². The summed E-state index contributed by atoms with van der Waals surface area (Å²) in [5.74, 6) is 2.44. The molecule has 5 heterocycles. The first kappa shape index (κ1) is 23.6. The Kier molecular flexibility index (Phi) is 6.33. The van der Waals surface area contributed by atoms with Crippen LogP contribution in [0.15, 0.2) is 40.8 Å². The minimum atomic E-state index is 0.150. The maximum atomic E-state index is 11.7. The van der Waals surface area contributed by atoms with Crippen LogP contribution in [-0.2, 0) is 11.3 Å². The van der Waals surface area contributed by atoms with E-state index < -0.39 is 0 Å². The normalized spacial score (nSPS) is 15.9. The number of hydrogen-bond acceptors (Lipinski definition) is 9. The Morgan fingerprint density at radius 2 is 1.97 bits per heavy atom. The van der Waals surface area contributed by atoms with Gasteiger partial charge in [-0.2, -0.15) is 5.10 Å². The Balaban J connectivity index is 1.33. The van der Waals surface area contributed by atoms with Gasteiger partial charge in [0.1, 0.15) is 19.5 Å². The third-order valence-electron chi connectivity index (χ3n) is 6.97. The lowest BCUT2D eigenvalue weighted by atomic mass is 9.93. The number of hydrogen-bond donors (Lipinski definition) is 2. The summed E-state index contributed by atoms with van der Waals surface area (Å²) in [5.41, 5.74) is 9.22. The van der Waals surface area contributed by atoms with Crippen LogP contribution < -0.4 is 15.2 Å². The second-order valence-corrected chi connectivity index (χ2v) is 10.3. The highest BCUT2D eigenvalue weighted by Gasteiger charge is 2.24. The fraction of sp³-hybridized carbons (Fsp3) is 0.400. The zero-order valence-electron chi connectivity index (χ0n) is 20.5. The minimum Gasteiger partial charge on any atom is -0.486 e. The lowest BCUT2D eigenvalue weighted by Gasteiger charge is -2.31. The molecule has 0 aliphatic carbocycles. The van der Waals surface area contributed by atoms with Gasteiger partial charge in [-0.25, -0.2) is 15.0 Å². The van der Waals surface area contributed by atoms with Crippen LogP contribution in [0, 0.1) is 5.92 Å². The Bertz CT molecular complexity index is 1430. The molecule has 1 amide bonds. The largest absolute Gasteiger partial charge is 0.486 e. The highest BCUT2D eigenvalue weighted by atomic mass is 32.2. The van der Waals surface area contributed by atoms with Crippen LogP contribution in [0.1, 0.15) is 26.2 Å². The van der Waals surface area contributed by atoms with E-state index in [0.717, 1.165) is 65.9 Å². The van der Waals surface area contributed by atoms with Crippen LogP contribution in [0.4, 0.5) is 5.82 Å². The molecule has 0 atom stereocenters. The van der Waals surface area contributed by atoms with Gasteiger partial charge in [0, 0.05) is 43.2 Å². The molecule has 12 heteroatoms. The third kappa shape index (κ3) is 4.68. The van der Waals surface area contributed by atoms with Crippen LogP contribution in [0.5, 0.6) is 11.5 Å². The van der Waals surface area contributed by atoms with E-state index in [1.807, 2.05) is 23.1 Å². The van der Waals surface area contributed by atoms with E-state index >= 15 is 0 Å². The van der Waals surface area contributed by atoms with Crippen LogP contribution in [0.3, 0.4) is 0 Å². The number of nitrogens with two attached hydrogens (primary N) is 1. The lowest BCUT2D eigenvalue weighted by Crippen LogP contribution is -2.37. The van der Waals surface area contributed by atoms with Crippen molar-refractivity contribution in [1.29, 1.82) is 0 Å². The van der Waals surface area contributed by atoms with Crippen molar-refractivity contribution < 1.29 is 14.3 Å². The molecule has 1 saturated heterocycles. The number of H-pyrrole nitrogens is 1. The highest BCUT2D eigenvalue weighted by molar-refractivity contribution is 7.99. The smallest absolute Gasteiger partial charge is 0.219 e. The Hall–Kier alpha value is -3.80. The number of benzene rings is 1. The Labute approximate surface area is 217 Å². The maximum absolute atomic E-state index is 11.7. The first-order chi connectivity index (χ1) is 18.1.